The fourth-order valence-corrected chi connectivity index (χ4v) is 1.73. The monoisotopic (exact) mass is 253 g/mol. The third kappa shape index (κ3) is 3.45. The second-order valence-electron chi connectivity index (χ2n) is 4.21. The third-order valence-corrected chi connectivity index (χ3v) is 2.69. The van der Waals surface area contributed by atoms with Crippen LogP contribution in [0.25, 0.3) is 0 Å². The summed E-state index contributed by atoms with van der Waals surface area (Å²) in [5.74, 6) is 0.129. The van der Waals surface area contributed by atoms with Crippen LogP contribution < -0.4 is 5.32 Å². The summed E-state index contributed by atoms with van der Waals surface area (Å²) < 4.78 is 0. The Morgan fingerprint density at radius 1 is 1.05 bits per heavy atom. The van der Waals surface area contributed by atoms with Crippen LogP contribution in [0.15, 0.2) is 66.9 Å². The number of anilines is 1. The standard InChI is InChI=1S/C16H15NO2/c1-12(17-14-9-5-6-10-15(14)18)11-16(19)13-7-3-2-4-8-13/h2-10,17-18H,1,11H2. The van der Waals surface area contributed by atoms with Crippen LogP contribution in [0.5, 0.6) is 5.75 Å². The van der Waals surface area contributed by atoms with Gasteiger partial charge in [-0.15, -0.1) is 0 Å². The van der Waals surface area contributed by atoms with E-state index in [1.54, 1.807) is 36.4 Å². The summed E-state index contributed by atoms with van der Waals surface area (Å²) in [5.41, 5.74) is 1.76. The van der Waals surface area contributed by atoms with Crippen molar-refractivity contribution in [3.05, 3.63) is 72.4 Å². The summed E-state index contributed by atoms with van der Waals surface area (Å²) >= 11 is 0. The Morgan fingerprint density at radius 2 is 1.68 bits per heavy atom. The van der Waals surface area contributed by atoms with Crippen molar-refractivity contribution < 1.29 is 9.90 Å². The van der Waals surface area contributed by atoms with Gasteiger partial charge < -0.3 is 10.4 Å². The maximum atomic E-state index is 12.0. The Bertz CT molecular complexity index is 591. The molecule has 0 spiro atoms. The molecule has 2 N–H and O–H groups in total. The number of rotatable bonds is 5. The Kier molecular flexibility index (Phi) is 3.98. The van der Waals surface area contributed by atoms with Crippen molar-refractivity contribution in [1.82, 2.24) is 0 Å². The zero-order chi connectivity index (χ0) is 13.7. The topological polar surface area (TPSA) is 49.3 Å². The normalized spacial score (nSPS) is 9.89. The molecule has 96 valence electrons. The predicted octanol–water partition coefficient (Wildman–Crippen LogP) is 3.59. The molecule has 19 heavy (non-hydrogen) atoms. The lowest BCUT2D eigenvalue weighted by Crippen LogP contribution is -2.06. The highest BCUT2D eigenvalue weighted by atomic mass is 16.3. The van der Waals surface area contributed by atoms with Gasteiger partial charge in [0.25, 0.3) is 0 Å². The molecular formula is C16H15NO2. The minimum absolute atomic E-state index is 0.00600. The maximum absolute atomic E-state index is 12.0. The summed E-state index contributed by atoms with van der Waals surface area (Å²) in [5, 5.41) is 12.6. The van der Waals surface area contributed by atoms with E-state index < -0.39 is 0 Å². The van der Waals surface area contributed by atoms with Gasteiger partial charge in [-0.05, 0) is 12.1 Å². The molecule has 0 amide bonds. The van der Waals surface area contributed by atoms with Crippen molar-refractivity contribution in [2.24, 2.45) is 0 Å². The Balaban J connectivity index is 1.99. The van der Waals surface area contributed by atoms with Crippen molar-refractivity contribution in [2.75, 3.05) is 5.32 Å². The first-order valence-corrected chi connectivity index (χ1v) is 5.98. The van der Waals surface area contributed by atoms with Crippen molar-refractivity contribution in [2.45, 2.75) is 6.42 Å². The third-order valence-electron chi connectivity index (χ3n) is 2.69. The molecule has 0 fully saturated rings. The summed E-state index contributed by atoms with van der Waals surface area (Å²) in [6, 6.07) is 15.9. The number of carbonyl (C=O) groups excluding carboxylic acids is 1. The average molecular weight is 253 g/mol. The molecule has 0 aromatic heterocycles. The molecule has 3 heteroatoms. The average Bonchev–Trinajstić information content (AvgIpc) is 2.42. The number of phenolic OH excluding ortho intramolecular Hbond substituents is 1. The molecule has 2 rings (SSSR count). The first-order valence-electron chi connectivity index (χ1n) is 5.98. The van der Waals surface area contributed by atoms with E-state index in [0.717, 1.165) is 0 Å². The molecule has 0 atom stereocenters. The molecule has 0 bridgehead atoms. The fraction of sp³-hybridized carbons (Fsp3) is 0.0625. The Hall–Kier alpha value is -2.55. The molecular weight excluding hydrogens is 238 g/mol. The smallest absolute Gasteiger partial charge is 0.168 e. The molecule has 0 radical (unpaired) electrons. The van der Waals surface area contributed by atoms with Crippen LogP contribution in [-0.4, -0.2) is 10.9 Å². The molecule has 2 aromatic rings. The molecule has 0 aliphatic rings. The molecule has 0 aliphatic heterocycles. The van der Waals surface area contributed by atoms with Gasteiger partial charge >= 0.3 is 0 Å². The van der Waals surface area contributed by atoms with Gasteiger partial charge in [0.05, 0.1) is 12.1 Å². The van der Waals surface area contributed by atoms with E-state index in [9.17, 15) is 9.90 Å². The molecule has 3 nitrogen and oxygen atoms in total. The zero-order valence-electron chi connectivity index (χ0n) is 10.5. The number of aromatic hydroxyl groups is 1. The van der Waals surface area contributed by atoms with Crippen molar-refractivity contribution in [3.63, 3.8) is 0 Å². The van der Waals surface area contributed by atoms with Gasteiger partial charge in [0, 0.05) is 11.3 Å². The van der Waals surface area contributed by atoms with Crippen molar-refractivity contribution in [3.8, 4) is 5.75 Å². The number of Topliss-reactive ketones (excluding diaryl/α,β-unsaturated/α-hetero) is 1. The molecule has 0 unspecified atom stereocenters. The van der Waals surface area contributed by atoms with Crippen LogP contribution in [0, 0.1) is 0 Å². The van der Waals surface area contributed by atoms with Crippen molar-refractivity contribution in [1.29, 1.82) is 0 Å². The lowest BCUT2D eigenvalue weighted by Gasteiger charge is -2.10. The number of hydrogen-bond donors (Lipinski definition) is 2. The van der Waals surface area contributed by atoms with Crippen LogP contribution in [0.1, 0.15) is 16.8 Å². The first-order chi connectivity index (χ1) is 9.16. The van der Waals surface area contributed by atoms with E-state index in [1.807, 2.05) is 18.2 Å². The highest BCUT2D eigenvalue weighted by molar-refractivity contribution is 5.97. The summed E-state index contributed by atoms with van der Waals surface area (Å²) in [6.07, 6.45) is 0.193. The number of carbonyl (C=O) groups is 1. The lowest BCUT2D eigenvalue weighted by atomic mass is 10.1. The number of benzene rings is 2. The van der Waals surface area contributed by atoms with Crippen LogP contribution >= 0.6 is 0 Å². The number of hydrogen-bond acceptors (Lipinski definition) is 3. The number of para-hydroxylation sites is 2. The summed E-state index contributed by atoms with van der Waals surface area (Å²) in [4.78, 5) is 12.0. The predicted molar refractivity (Wildman–Crippen MR) is 76.3 cm³/mol. The minimum atomic E-state index is -0.00600. The SMILES string of the molecule is C=C(CC(=O)c1ccccc1)Nc1ccccc1O. The fourth-order valence-electron chi connectivity index (χ4n) is 1.73. The number of ketones is 1. The van der Waals surface area contributed by atoms with Gasteiger partial charge in [-0.1, -0.05) is 49.0 Å². The van der Waals surface area contributed by atoms with Crippen LogP contribution in [0.4, 0.5) is 5.69 Å². The highest BCUT2D eigenvalue weighted by Crippen LogP contribution is 2.23. The van der Waals surface area contributed by atoms with Gasteiger partial charge in [0.15, 0.2) is 5.78 Å². The lowest BCUT2D eigenvalue weighted by molar-refractivity contribution is 0.0993. The van der Waals surface area contributed by atoms with Gasteiger partial charge in [-0.2, -0.15) is 0 Å². The molecule has 0 heterocycles. The van der Waals surface area contributed by atoms with Gasteiger partial charge in [-0.3, -0.25) is 4.79 Å². The number of nitrogens with one attached hydrogen (secondary N) is 1. The minimum Gasteiger partial charge on any atom is -0.506 e. The second kappa shape index (κ2) is 5.87. The second-order valence-corrected chi connectivity index (χ2v) is 4.21. The van der Waals surface area contributed by atoms with Gasteiger partial charge in [0.2, 0.25) is 0 Å². The maximum Gasteiger partial charge on any atom is 0.168 e. The van der Waals surface area contributed by atoms with E-state index in [-0.39, 0.29) is 18.0 Å². The molecule has 0 saturated heterocycles. The summed E-state index contributed by atoms with van der Waals surface area (Å²) in [6.45, 7) is 3.81. The van der Waals surface area contributed by atoms with E-state index in [1.165, 1.54) is 0 Å². The van der Waals surface area contributed by atoms with Crippen LogP contribution in [0.2, 0.25) is 0 Å². The largest absolute Gasteiger partial charge is 0.506 e. The summed E-state index contributed by atoms with van der Waals surface area (Å²) in [7, 11) is 0. The zero-order valence-corrected chi connectivity index (χ0v) is 10.5. The van der Waals surface area contributed by atoms with Gasteiger partial charge in [0.1, 0.15) is 5.75 Å². The Morgan fingerprint density at radius 3 is 2.37 bits per heavy atom. The number of allylic oxidation sites excluding steroid dienone is 1. The number of phenols is 1. The van der Waals surface area contributed by atoms with Gasteiger partial charge in [-0.25, -0.2) is 0 Å². The van der Waals surface area contributed by atoms with Crippen molar-refractivity contribution >= 4 is 11.5 Å². The van der Waals surface area contributed by atoms with E-state index in [2.05, 4.69) is 11.9 Å². The quantitative estimate of drug-likeness (QED) is 0.632. The molecule has 0 aliphatic carbocycles. The van der Waals surface area contributed by atoms with Crippen LogP contribution in [-0.2, 0) is 0 Å². The first kappa shape index (κ1) is 12.9. The van der Waals surface area contributed by atoms with E-state index >= 15 is 0 Å². The Labute approximate surface area is 112 Å². The highest BCUT2D eigenvalue weighted by Gasteiger charge is 2.08. The molecule has 0 saturated carbocycles. The van der Waals surface area contributed by atoms with Crippen LogP contribution in [0.3, 0.4) is 0 Å². The molecule has 2 aromatic carbocycles. The van der Waals surface area contributed by atoms with E-state index in [4.69, 9.17) is 0 Å². The van der Waals surface area contributed by atoms with E-state index in [0.29, 0.717) is 16.9 Å².